The van der Waals surface area contributed by atoms with Crippen molar-refractivity contribution >= 4 is 15.9 Å². The second-order valence-electron chi connectivity index (χ2n) is 11.2. The topological polar surface area (TPSA) is 29.5 Å². The Balaban J connectivity index is 1.43. The van der Waals surface area contributed by atoms with Crippen LogP contribution in [-0.4, -0.2) is 29.3 Å². The van der Waals surface area contributed by atoms with E-state index in [2.05, 4.69) is 29.8 Å². The van der Waals surface area contributed by atoms with Gasteiger partial charge in [-0.25, -0.2) is 0 Å². The molecule has 4 rings (SSSR count). The summed E-state index contributed by atoms with van der Waals surface area (Å²) in [6, 6.07) is 0. The third-order valence-corrected chi connectivity index (χ3v) is 11.0. The molecule has 1 unspecified atom stereocenters. The predicted octanol–water partition coefficient (Wildman–Crippen LogP) is 6.44. The van der Waals surface area contributed by atoms with Gasteiger partial charge in [0.15, 0.2) is 0 Å². The summed E-state index contributed by atoms with van der Waals surface area (Å²) in [6.45, 7) is 8.67. The van der Waals surface area contributed by atoms with Crippen molar-refractivity contribution < 1.29 is 9.84 Å². The van der Waals surface area contributed by atoms with Crippen LogP contribution < -0.4 is 0 Å². The first-order valence-electron chi connectivity index (χ1n) is 12.3. The van der Waals surface area contributed by atoms with Crippen LogP contribution >= 0.6 is 15.9 Å². The Morgan fingerprint density at radius 3 is 2.57 bits per heavy atom. The molecule has 0 radical (unpaired) electrons. The first-order chi connectivity index (χ1) is 13.4. The summed E-state index contributed by atoms with van der Waals surface area (Å²) < 4.78 is 5.56. The van der Waals surface area contributed by atoms with Crippen molar-refractivity contribution in [2.24, 2.45) is 46.8 Å². The van der Waals surface area contributed by atoms with Crippen molar-refractivity contribution in [1.29, 1.82) is 0 Å². The fraction of sp³-hybridized carbons (Fsp3) is 1.00. The third kappa shape index (κ3) is 3.75. The van der Waals surface area contributed by atoms with E-state index in [0.29, 0.717) is 5.41 Å². The SMILES string of the molecule is CCOCC[C@@]1(O)CC[C@H]2[C@H](CC[C@@H]3[C@@H]2CC[C@]2(C)[C@@H](C(C)CBr)CC[C@@H]32)C1. The lowest BCUT2D eigenvalue weighted by Crippen LogP contribution is -2.51. The number of hydrogen-bond donors (Lipinski definition) is 1. The highest BCUT2D eigenvalue weighted by molar-refractivity contribution is 9.09. The molecule has 2 nitrogen and oxygen atoms in total. The molecule has 0 spiro atoms. The van der Waals surface area contributed by atoms with E-state index in [1.165, 1.54) is 50.3 Å². The molecular formula is C25H43BrO2. The summed E-state index contributed by atoms with van der Waals surface area (Å²) in [6.07, 6.45) is 12.8. The summed E-state index contributed by atoms with van der Waals surface area (Å²) in [5.74, 6) is 6.29. The van der Waals surface area contributed by atoms with Gasteiger partial charge in [-0.2, -0.15) is 0 Å². The molecule has 0 aromatic rings. The van der Waals surface area contributed by atoms with E-state index in [1.807, 2.05) is 6.92 Å². The normalized spacial score (nSPS) is 49.2. The van der Waals surface area contributed by atoms with Gasteiger partial charge < -0.3 is 9.84 Å². The van der Waals surface area contributed by atoms with Crippen LogP contribution in [0.1, 0.15) is 85.0 Å². The highest BCUT2D eigenvalue weighted by Crippen LogP contribution is 2.65. The number of alkyl halides is 1. The summed E-state index contributed by atoms with van der Waals surface area (Å²) in [5, 5.41) is 12.3. The van der Waals surface area contributed by atoms with Crippen molar-refractivity contribution in [2.45, 2.75) is 90.6 Å². The minimum Gasteiger partial charge on any atom is -0.390 e. The van der Waals surface area contributed by atoms with Crippen LogP contribution in [0.5, 0.6) is 0 Å². The summed E-state index contributed by atoms with van der Waals surface area (Å²) in [4.78, 5) is 0. The number of aliphatic hydroxyl groups is 1. The number of hydrogen-bond acceptors (Lipinski definition) is 2. The Kier molecular flexibility index (Phi) is 6.56. The van der Waals surface area contributed by atoms with Crippen molar-refractivity contribution in [3.8, 4) is 0 Å². The van der Waals surface area contributed by atoms with E-state index < -0.39 is 5.60 Å². The Morgan fingerprint density at radius 1 is 1.04 bits per heavy atom. The number of rotatable bonds is 6. The zero-order chi connectivity index (χ0) is 19.9. The van der Waals surface area contributed by atoms with Crippen LogP contribution in [0.4, 0.5) is 0 Å². The average molecular weight is 456 g/mol. The highest BCUT2D eigenvalue weighted by Gasteiger charge is 2.58. The molecule has 0 saturated heterocycles. The minimum atomic E-state index is -0.448. The first kappa shape index (κ1) is 21.6. The van der Waals surface area contributed by atoms with Gasteiger partial charge in [-0.3, -0.25) is 0 Å². The predicted molar refractivity (Wildman–Crippen MR) is 120 cm³/mol. The third-order valence-electron chi connectivity index (χ3n) is 10.0. The molecule has 1 N–H and O–H groups in total. The van der Waals surface area contributed by atoms with E-state index in [-0.39, 0.29) is 0 Å². The second kappa shape index (κ2) is 8.50. The fourth-order valence-corrected chi connectivity index (χ4v) is 9.13. The average Bonchev–Trinajstić information content (AvgIpc) is 3.04. The standard InChI is InChI=1S/C25H43BrO2/c1-4-28-14-13-25(27)12-10-19-18(15-25)5-6-21-20(19)9-11-24(3)22(17(2)16-26)7-8-23(21)24/h17-23,27H,4-16H2,1-3H3/t17?,18-,19+,20-,21-,22-,23+,24-,25+/m1/s1. The summed E-state index contributed by atoms with van der Waals surface area (Å²) in [7, 11) is 0. The molecule has 28 heavy (non-hydrogen) atoms. The highest BCUT2D eigenvalue weighted by atomic mass is 79.9. The Hall–Kier alpha value is 0.400. The quantitative estimate of drug-likeness (QED) is 0.369. The molecule has 0 amide bonds. The zero-order valence-electron chi connectivity index (χ0n) is 18.5. The largest absolute Gasteiger partial charge is 0.390 e. The van der Waals surface area contributed by atoms with Gasteiger partial charge in [-0.05, 0) is 118 Å². The summed E-state index contributed by atoms with van der Waals surface area (Å²) in [5.41, 5.74) is 0.143. The number of ether oxygens (including phenoxy) is 1. The molecule has 0 heterocycles. The Labute approximate surface area is 181 Å². The molecule has 4 fully saturated rings. The van der Waals surface area contributed by atoms with Gasteiger partial charge in [-0.1, -0.05) is 29.8 Å². The van der Waals surface area contributed by atoms with E-state index in [1.54, 1.807) is 0 Å². The molecule has 4 aliphatic carbocycles. The van der Waals surface area contributed by atoms with Crippen molar-refractivity contribution in [2.75, 3.05) is 18.5 Å². The molecule has 4 saturated carbocycles. The van der Waals surface area contributed by atoms with Crippen LogP contribution in [0.25, 0.3) is 0 Å². The van der Waals surface area contributed by atoms with Crippen LogP contribution in [-0.2, 0) is 4.74 Å². The molecule has 0 aromatic carbocycles. The zero-order valence-corrected chi connectivity index (χ0v) is 20.1. The van der Waals surface area contributed by atoms with E-state index in [9.17, 15) is 5.11 Å². The monoisotopic (exact) mass is 454 g/mol. The molecule has 3 heteroatoms. The fourth-order valence-electron chi connectivity index (χ4n) is 8.68. The molecular weight excluding hydrogens is 412 g/mol. The first-order valence-corrected chi connectivity index (χ1v) is 13.4. The van der Waals surface area contributed by atoms with Crippen LogP contribution in [0.3, 0.4) is 0 Å². The number of fused-ring (bicyclic) bond motifs is 5. The maximum atomic E-state index is 11.2. The Bertz CT molecular complexity index is 539. The van der Waals surface area contributed by atoms with E-state index in [4.69, 9.17) is 4.74 Å². The van der Waals surface area contributed by atoms with Crippen molar-refractivity contribution in [3.63, 3.8) is 0 Å². The van der Waals surface area contributed by atoms with Gasteiger partial charge in [0.2, 0.25) is 0 Å². The van der Waals surface area contributed by atoms with E-state index in [0.717, 1.165) is 73.9 Å². The minimum absolute atomic E-state index is 0.448. The molecule has 0 bridgehead atoms. The summed E-state index contributed by atoms with van der Waals surface area (Å²) >= 11 is 3.78. The molecule has 162 valence electrons. The Morgan fingerprint density at radius 2 is 1.82 bits per heavy atom. The van der Waals surface area contributed by atoms with E-state index >= 15 is 0 Å². The lowest BCUT2D eigenvalue weighted by atomic mass is 9.48. The van der Waals surface area contributed by atoms with Gasteiger partial charge >= 0.3 is 0 Å². The lowest BCUT2D eigenvalue weighted by molar-refractivity contribution is -0.114. The van der Waals surface area contributed by atoms with Crippen molar-refractivity contribution in [3.05, 3.63) is 0 Å². The molecule has 9 atom stereocenters. The van der Waals surface area contributed by atoms with Crippen LogP contribution in [0.2, 0.25) is 0 Å². The van der Waals surface area contributed by atoms with Crippen molar-refractivity contribution in [1.82, 2.24) is 0 Å². The van der Waals surface area contributed by atoms with Gasteiger partial charge in [0, 0.05) is 18.5 Å². The molecule has 0 aromatic heterocycles. The van der Waals surface area contributed by atoms with Crippen LogP contribution in [0, 0.1) is 46.8 Å². The van der Waals surface area contributed by atoms with Gasteiger partial charge in [-0.15, -0.1) is 0 Å². The van der Waals surface area contributed by atoms with Crippen LogP contribution in [0.15, 0.2) is 0 Å². The van der Waals surface area contributed by atoms with Gasteiger partial charge in [0.25, 0.3) is 0 Å². The lowest BCUT2D eigenvalue weighted by Gasteiger charge is -2.57. The number of halogens is 1. The molecule has 4 aliphatic rings. The van der Waals surface area contributed by atoms with Gasteiger partial charge in [0.1, 0.15) is 0 Å². The molecule has 0 aliphatic heterocycles. The second-order valence-corrected chi connectivity index (χ2v) is 11.9. The smallest absolute Gasteiger partial charge is 0.0672 e. The van der Waals surface area contributed by atoms with Gasteiger partial charge in [0.05, 0.1) is 5.60 Å². The maximum Gasteiger partial charge on any atom is 0.0672 e. The maximum absolute atomic E-state index is 11.2.